The molecule has 2 heteroatoms. The molecule has 7 unspecified atom stereocenters. The lowest BCUT2D eigenvalue weighted by molar-refractivity contribution is -0.115. The van der Waals surface area contributed by atoms with E-state index in [1.165, 1.54) is 44.9 Å². The van der Waals surface area contributed by atoms with Gasteiger partial charge in [-0.15, -0.1) is 6.58 Å². The molecule has 152 valence electrons. The number of aliphatic hydroxyl groups is 1. The summed E-state index contributed by atoms with van der Waals surface area (Å²) < 4.78 is 5.71. The van der Waals surface area contributed by atoms with Gasteiger partial charge in [0, 0.05) is 12.5 Å². The molecule has 0 bridgehead atoms. The fraction of sp³-hybridized carbons (Fsp3) is 0.840. The van der Waals surface area contributed by atoms with Crippen molar-refractivity contribution >= 4 is 0 Å². The van der Waals surface area contributed by atoms with Crippen molar-refractivity contribution in [3.8, 4) is 0 Å². The van der Waals surface area contributed by atoms with Crippen LogP contribution in [-0.4, -0.2) is 24.4 Å². The lowest BCUT2D eigenvalue weighted by atomic mass is 9.45. The second kappa shape index (κ2) is 6.73. The lowest BCUT2D eigenvalue weighted by Crippen LogP contribution is -2.54. The van der Waals surface area contributed by atoms with E-state index in [0.29, 0.717) is 11.5 Å². The third kappa shape index (κ3) is 2.58. The Morgan fingerprint density at radius 2 is 1.96 bits per heavy atom. The molecule has 0 radical (unpaired) electrons. The maximum atomic E-state index is 10.9. The van der Waals surface area contributed by atoms with Gasteiger partial charge in [0.1, 0.15) is 0 Å². The van der Waals surface area contributed by atoms with Gasteiger partial charge in [0.15, 0.2) is 0 Å². The SMILES string of the molecule is C=CC[C@]1(C(C)O)CCC2C3CC=C4CC(OC)CCC4(C)C3CCC21C. The normalized spacial score (nSPS) is 50.2. The summed E-state index contributed by atoms with van der Waals surface area (Å²) in [4.78, 5) is 0. The van der Waals surface area contributed by atoms with Crippen LogP contribution in [0.3, 0.4) is 0 Å². The predicted octanol–water partition coefficient (Wildman–Crippen LogP) is 5.91. The maximum absolute atomic E-state index is 10.9. The Balaban J connectivity index is 1.66. The van der Waals surface area contributed by atoms with Crippen LogP contribution in [0.2, 0.25) is 0 Å². The Morgan fingerprint density at radius 1 is 1.22 bits per heavy atom. The number of allylic oxidation sites excluding steroid dienone is 2. The summed E-state index contributed by atoms with van der Waals surface area (Å²) in [6.45, 7) is 11.2. The summed E-state index contributed by atoms with van der Waals surface area (Å²) in [7, 11) is 1.87. The molecule has 3 saturated carbocycles. The standard InChI is InChI=1S/C25H40O2/c1-6-12-25(17(2)26)15-11-22-20-8-7-18-16-19(27-5)9-13-23(18,3)21(20)10-14-24(22,25)4/h6-7,17,19-22,26H,1,8-16H2,2-5H3/t17?,19?,20?,21?,22?,23?,24?,25-/m1/s1. The second-order valence-corrected chi connectivity index (χ2v) is 10.7. The Hall–Kier alpha value is -0.600. The molecule has 1 N–H and O–H groups in total. The molecule has 4 aliphatic carbocycles. The highest BCUT2D eigenvalue weighted by Gasteiger charge is 2.64. The molecule has 0 aromatic heterocycles. The zero-order valence-corrected chi connectivity index (χ0v) is 18.0. The van der Waals surface area contributed by atoms with Gasteiger partial charge in [0.25, 0.3) is 0 Å². The van der Waals surface area contributed by atoms with E-state index in [9.17, 15) is 5.11 Å². The highest BCUT2D eigenvalue weighted by atomic mass is 16.5. The third-order valence-corrected chi connectivity index (χ3v) is 10.1. The van der Waals surface area contributed by atoms with Gasteiger partial charge in [-0.1, -0.05) is 31.6 Å². The van der Waals surface area contributed by atoms with E-state index in [-0.39, 0.29) is 16.9 Å². The summed E-state index contributed by atoms with van der Waals surface area (Å²) in [6, 6.07) is 0. The summed E-state index contributed by atoms with van der Waals surface area (Å²) in [6.07, 6.45) is 15.8. The number of hydrogen-bond acceptors (Lipinski definition) is 2. The molecule has 0 aromatic carbocycles. The van der Waals surface area contributed by atoms with Crippen LogP contribution in [0, 0.1) is 34.0 Å². The molecule has 0 aliphatic heterocycles. The van der Waals surface area contributed by atoms with E-state index < -0.39 is 0 Å². The number of hydrogen-bond donors (Lipinski definition) is 1. The number of ether oxygens (including phenoxy) is 1. The number of rotatable bonds is 4. The zero-order valence-electron chi connectivity index (χ0n) is 18.0. The molecule has 4 rings (SSSR count). The van der Waals surface area contributed by atoms with Crippen molar-refractivity contribution in [2.24, 2.45) is 34.0 Å². The minimum absolute atomic E-state index is 0.0307. The van der Waals surface area contributed by atoms with Crippen molar-refractivity contribution in [1.29, 1.82) is 0 Å². The van der Waals surface area contributed by atoms with Crippen molar-refractivity contribution in [2.45, 2.75) is 90.8 Å². The topological polar surface area (TPSA) is 29.5 Å². The molecule has 2 nitrogen and oxygen atoms in total. The van der Waals surface area contributed by atoms with Gasteiger partial charge in [0.05, 0.1) is 12.2 Å². The Kier molecular flexibility index (Phi) is 4.91. The zero-order chi connectivity index (χ0) is 19.4. The van der Waals surface area contributed by atoms with Crippen LogP contribution in [0.5, 0.6) is 0 Å². The largest absolute Gasteiger partial charge is 0.393 e. The average molecular weight is 373 g/mol. The molecular weight excluding hydrogens is 332 g/mol. The Bertz CT molecular complexity index is 622. The van der Waals surface area contributed by atoms with E-state index >= 15 is 0 Å². The number of fused-ring (bicyclic) bond motifs is 5. The molecule has 0 saturated heterocycles. The smallest absolute Gasteiger partial charge is 0.0608 e. The summed E-state index contributed by atoms with van der Waals surface area (Å²) in [5.41, 5.74) is 2.36. The van der Waals surface area contributed by atoms with Gasteiger partial charge in [-0.25, -0.2) is 0 Å². The highest BCUT2D eigenvalue weighted by Crippen LogP contribution is 2.71. The van der Waals surface area contributed by atoms with Crippen LogP contribution >= 0.6 is 0 Å². The lowest BCUT2D eigenvalue weighted by Gasteiger charge is -2.60. The van der Waals surface area contributed by atoms with Gasteiger partial charge < -0.3 is 9.84 Å². The molecule has 0 heterocycles. The Morgan fingerprint density at radius 3 is 2.63 bits per heavy atom. The summed E-state index contributed by atoms with van der Waals surface area (Å²) >= 11 is 0. The highest BCUT2D eigenvalue weighted by molar-refractivity contribution is 5.26. The minimum Gasteiger partial charge on any atom is -0.393 e. The molecule has 27 heavy (non-hydrogen) atoms. The van der Waals surface area contributed by atoms with Crippen LogP contribution in [0.25, 0.3) is 0 Å². The molecular formula is C25H40O2. The molecule has 0 spiro atoms. The molecule has 4 aliphatic rings. The monoisotopic (exact) mass is 372 g/mol. The van der Waals surface area contributed by atoms with E-state index in [4.69, 9.17) is 4.74 Å². The van der Waals surface area contributed by atoms with Crippen molar-refractivity contribution < 1.29 is 9.84 Å². The summed E-state index contributed by atoms with van der Waals surface area (Å²) in [5.74, 6) is 2.37. The van der Waals surface area contributed by atoms with Crippen LogP contribution < -0.4 is 0 Å². The number of methoxy groups -OCH3 is 1. The predicted molar refractivity (Wildman–Crippen MR) is 111 cm³/mol. The van der Waals surface area contributed by atoms with Crippen LogP contribution in [0.4, 0.5) is 0 Å². The van der Waals surface area contributed by atoms with Crippen molar-refractivity contribution in [1.82, 2.24) is 0 Å². The Labute approximate surface area is 166 Å². The summed E-state index contributed by atoms with van der Waals surface area (Å²) in [5, 5.41) is 10.9. The first-order valence-electron chi connectivity index (χ1n) is 11.3. The minimum atomic E-state index is -0.246. The van der Waals surface area contributed by atoms with E-state index in [0.717, 1.165) is 30.6 Å². The van der Waals surface area contributed by atoms with Gasteiger partial charge >= 0.3 is 0 Å². The molecule has 8 atom stereocenters. The fourth-order valence-electron chi connectivity index (χ4n) is 8.45. The first-order valence-corrected chi connectivity index (χ1v) is 11.3. The van der Waals surface area contributed by atoms with Crippen molar-refractivity contribution in [3.63, 3.8) is 0 Å². The van der Waals surface area contributed by atoms with Crippen LogP contribution in [0.15, 0.2) is 24.3 Å². The van der Waals surface area contributed by atoms with Crippen molar-refractivity contribution in [3.05, 3.63) is 24.3 Å². The quantitative estimate of drug-likeness (QED) is 0.622. The molecule has 0 amide bonds. The van der Waals surface area contributed by atoms with E-state index in [1.54, 1.807) is 5.57 Å². The molecule has 3 fully saturated rings. The average Bonchev–Trinajstić information content (AvgIpc) is 2.95. The van der Waals surface area contributed by atoms with Crippen LogP contribution in [-0.2, 0) is 4.74 Å². The van der Waals surface area contributed by atoms with Crippen LogP contribution in [0.1, 0.15) is 78.6 Å². The van der Waals surface area contributed by atoms with Gasteiger partial charge in [-0.3, -0.25) is 0 Å². The third-order valence-electron chi connectivity index (χ3n) is 10.1. The van der Waals surface area contributed by atoms with Crippen molar-refractivity contribution in [2.75, 3.05) is 7.11 Å². The number of aliphatic hydroxyl groups excluding tert-OH is 1. The van der Waals surface area contributed by atoms with Gasteiger partial charge in [-0.2, -0.15) is 0 Å². The maximum Gasteiger partial charge on any atom is 0.0608 e. The fourth-order valence-corrected chi connectivity index (χ4v) is 8.45. The van der Waals surface area contributed by atoms with E-state index in [1.807, 2.05) is 14.0 Å². The molecule has 0 aromatic rings. The van der Waals surface area contributed by atoms with Gasteiger partial charge in [-0.05, 0) is 93.3 Å². The second-order valence-electron chi connectivity index (χ2n) is 10.7. The first-order chi connectivity index (χ1) is 12.8. The first kappa shape index (κ1) is 19.7. The van der Waals surface area contributed by atoms with Gasteiger partial charge in [0.2, 0.25) is 0 Å². The van der Waals surface area contributed by atoms with E-state index in [2.05, 4.69) is 32.6 Å².